The number of hydrogen-bond acceptors (Lipinski definition) is 2. The molecule has 1 aliphatic rings. The van der Waals surface area contributed by atoms with Crippen molar-refractivity contribution in [2.45, 2.75) is 4.45 Å². The topological polar surface area (TPSA) is 38.0 Å². The van der Waals surface area contributed by atoms with Gasteiger partial charge in [-0.05, 0) is 0 Å². The first-order valence-corrected chi connectivity index (χ1v) is 6.29. The van der Waals surface area contributed by atoms with Gasteiger partial charge in [0.15, 0.2) is 12.4 Å². The SMILES string of the molecule is O=C1c2ccccc2C(=O)C1(Br)[n+]1ccccc1.[Br-]. The molecule has 3 rings (SSSR count). The lowest BCUT2D eigenvalue weighted by Gasteiger charge is -2.11. The van der Waals surface area contributed by atoms with Crippen LogP contribution in [0.5, 0.6) is 0 Å². The molecular formula is C14H9Br2NO2. The smallest absolute Gasteiger partial charge is 0.346 e. The van der Waals surface area contributed by atoms with Gasteiger partial charge >= 0.3 is 4.45 Å². The third kappa shape index (κ3) is 1.88. The largest absolute Gasteiger partial charge is 1.00 e. The van der Waals surface area contributed by atoms with E-state index in [1.54, 1.807) is 53.4 Å². The molecule has 1 aliphatic carbocycles. The van der Waals surface area contributed by atoms with Crippen molar-refractivity contribution in [3.8, 4) is 0 Å². The van der Waals surface area contributed by atoms with Crippen LogP contribution in [0.3, 0.4) is 0 Å². The summed E-state index contributed by atoms with van der Waals surface area (Å²) >= 11 is 3.33. The fourth-order valence-electron chi connectivity index (χ4n) is 2.18. The molecule has 5 heteroatoms. The maximum absolute atomic E-state index is 12.4. The molecule has 3 nitrogen and oxygen atoms in total. The van der Waals surface area contributed by atoms with Crippen molar-refractivity contribution in [2.75, 3.05) is 0 Å². The highest BCUT2D eigenvalue weighted by molar-refractivity contribution is 9.10. The number of fused-ring (bicyclic) bond motifs is 1. The van der Waals surface area contributed by atoms with E-state index in [4.69, 9.17) is 0 Å². The Balaban J connectivity index is 0.00000133. The van der Waals surface area contributed by atoms with E-state index >= 15 is 0 Å². The highest BCUT2D eigenvalue weighted by atomic mass is 79.9. The Morgan fingerprint density at radius 3 is 1.79 bits per heavy atom. The molecule has 0 unspecified atom stereocenters. The minimum absolute atomic E-state index is 0. The van der Waals surface area contributed by atoms with Crippen molar-refractivity contribution < 1.29 is 31.1 Å². The lowest BCUT2D eigenvalue weighted by atomic mass is 10.1. The minimum atomic E-state index is -1.34. The number of carbonyl (C=O) groups excluding carboxylic acids is 2. The summed E-state index contributed by atoms with van der Waals surface area (Å²) in [5.41, 5.74) is 0.937. The molecule has 1 aromatic heterocycles. The number of benzene rings is 1. The highest BCUT2D eigenvalue weighted by Gasteiger charge is 2.59. The second kappa shape index (κ2) is 4.98. The van der Waals surface area contributed by atoms with Gasteiger partial charge in [0.25, 0.3) is 11.6 Å². The number of ketones is 2. The van der Waals surface area contributed by atoms with Crippen molar-refractivity contribution in [3.05, 3.63) is 66.0 Å². The lowest BCUT2D eigenvalue weighted by molar-refractivity contribution is -0.704. The Labute approximate surface area is 129 Å². The molecule has 0 fully saturated rings. The van der Waals surface area contributed by atoms with E-state index in [0.29, 0.717) is 11.1 Å². The molecule has 1 heterocycles. The second-order valence-corrected chi connectivity index (χ2v) is 5.26. The number of aromatic nitrogens is 1. The summed E-state index contributed by atoms with van der Waals surface area (Å²) in [7, 11) is 0. The van der Waals surface area contributed by atoms with E-state index < -0.39 is 4.45 Å². The van der Waals surface area contributed by atoms with Gasteiger partial charge in [0, 0.05) is 39.2 Å². The second-order valence-electron chi connectivity index (χ2n) is 4.11. The number of Topliss-reactive ketones (excluding diaryl/α,β-unsaturated/α-hetero) is 2. The van der Waals surface area contributed by atoms with Crippen LogP contribution in [0.25, 0.3) is 0 Å². The summed E-state index contributed by atoms with van der Waals surface area (Å²) in [4.78, 5) is 24.9. The molecule has 0 bridgehead atoms. The molecule has 0 radical (unpaired) electrons. The van der Waals surface area contributed by atoms with E-state index in [-0.39, 0.29) is 28.5 Å². The Hall–Kier alpha value is -1.33. The summed E-state index contributed by atoms with van der Waals surface area (Å²) in [5, 5.41) is 0. The van der Waals surface area contributed by atoms with E-state index in [0.717, 1.165) is 0 Å². The summed E-state index contributed by atoms with van der Waals surface area (Å²) in [5.74, 6) is -0.446. The van der Waals surface area contributed by atoms with Crippen LogP contribution in [0, 0.1) is 0 Å². The van der Waals surface area contributed by atoms with Crippen LogP contribution in [-0.2, 0) is 4.45 Å². The van der Waals surface area contributed by atoms with Gasteiger partial charge in [0.05, 0.1) is 0 Å². The molecule has 0 saturated carbocycles. The van der Waals surface area contributed by atoms with Crippen LogP contribution in [0.2, 0.25) is 0 Å². The number of halogens is 2. The summed E-state index contributed by atoms with van der Waals surface area (Å²) in [6.07, 6.45) is 3.41. The summed E-state index contributed by atoms with van der Waals surface area (Å²) in [6.45, 7) is 0. The molecule has 0 atom stereocenters. The number of rotatable bonds is 1. The molecule has 2 aromatic rings. The van der Waals surface area contributed by atoms with E-state index in [2.05, 4.69) is 15.9 Å². The molecule has 1 aromatic carbocycles. The number of nitrogens with zero attached hydrogens (tertiary/aromatic N) is 1. The van der Waals surface area contributed by atoms with E-state index in [1.165, 1.54) is 0 Å². The number of pyridine rings is 1. The Bertz CT molecular complexity index is 621. The zero-order valence-electron chi connectivity index (χ0n) is 9.72. The average molecular weight is 383 g/mol. The molecule has 0 saturated heterocycles. The zero-order chi connectivity index (χ0) is 12.8. The normalized spacial score (nSPS) is 15.8. The standard InChI is InChI=1S/C14H9BrNO2.BrH/c15-14(16-8-4-1-5-9-16)12(17)10-6-2-3-7-11(10)13(14)18;/h1-9H;1H/q+1;/p-1. The highest BCUT2D eigenvalue weighted by Crippen LogP contribution is 2.36. The van der Waals surface area contributed by atoms with Gasteiger partial charge in [-0.25, -0.2) is 0 Å². The van der Waals surface area contributed by atoms with Gasteiger partial charge in [-0.1, -0.05) is 30.3 Å². The van der Waals surface area contributed by atoms with Gasteiger partial charge in [0.2, 0.25) is 0 Å². The molecule has 19 heavy (non-hydrogen) atoms. The van der Waals surface area contributed by atoms with Gasteiger partial charge in [-0.2, -0.15) is 4.57 Å². The number of carbonyl (C=O) groups is 2. The fourth-order valence-corrected chi connectivity index (χ4v) is 2.84. The van der Waals surface area contributed by atoms with Crippen LogP contribution in [0.15, 0.2) is 54.9 Å². The van der Waals surface area contributed by atoms with Gasteiger partial charge in [-0.15, -0.1) is 0 Å². The quantitative estimate of drug-likeness (QED) is 0.364. The molecule has 0 N–H and O–H groups in total. The van der Waals surface area contributed by atoms with Crippen LogP contribution >= 0.6 is 15.9 Å². The predicted molar refractivity (Wildman–Crippen MR) is 68.6 cm³/mol. The summed E-state index contributed by atoms with van der Waals surface area (Å²) in [6, 6.07) is 12.3. The maximum Gasteiger partial charge on any atom is 0.346 e. The van der Waals surface area contributed by atoms with Crippen molar-refractivity contribution in [2.24, 2.45) is 0 Å². The van der Waals surface area contributed by atoms with Crippen molar-refractivity contribution in [3.63, 3.8) is 0 Å². The van der Waals surface area contributed by atoms with Crippen LogP contribution < -0.4 is 21.5 Å². The number of alkyl halides is 1. The van der Waals surface area contributed by atoms with Crippen molar-refractivity contribution in [1.29, 1.82) is 0 Å². The van der Waals surface area contributed by atoms with Crippen LogP contribution in [0.4, 0.5) is 0 Å². The molecule has 0 amide bonds. The average Bonchev–Trinajstić information content (AvgIpc) is 2.64. The zero-order valence-corrected chi connectivity index (χ0v) is 12.9. The van der Waals surface area contributed by atoms with Crippen molar-refractivity contribution in [1.82, 2.24) is 0 Å². The van der Waals surface area contributed by atoms with E-state index in [9.17, 15) is 9.59 Å². The van der Waals surface area contributed by atoms with Gasteiger partial charge in [0.1, 0.15) is 0 Å². The number of hydrogen-bond donors (Lipinski definition) is 0. The maximum atomic E-state index is 12.4. The molecular weight excluding hydrogens is 374 g/mol. The van der Waals surface area contributed by atoms with Gasteiger partial charge in [-0.3, -0.25) is 9.59 Å². The monoisotopic (exact) mass is 381 g/mol. The summed E-state index contributed by atoms with van der Waals surface area (Å²) < 4.78 is 0.260. The molecule has 96 valence electrons. The van der Waals surface area contributed by atoms with Crippen LogP contribution in [-0.4, -0.2) is 11.6 Å². The molecule has 0 aliphatic heterocycles. The van der Waals surface area contributed by atoms with Crippen molar-refractivity contribution >= 4 is 27.5 Å². The first-order chi connectivity index (χ1) is 8.65. The Morgan fingerprint density at radius 2 is 1.32 bits per heavy atom. The Kier molecular flexibility index (Phi) is 3.69. The predicted octanol–water partition coefficient (Wildman–Crippen LogP) is -0.895. The Morgan fingerprint density at radius 1 is 0.842 bits per heavy atom. The molecule has 0 spiro atoms. The third-order valence-electron chi connectivity index (χ3n) is 3.09. The first kappa shape index (κ1) is 14.1. The first-order valence-electron chi connectivity index (χ1n) is 5.50. The third-order valence-corrected chi connectivity index (χ3v) is 4.22. The van der Waals surface area contributed by atoms with Crippen LogP contribution in [0.1, 0.15) is 20.7 Å². The lowest BCUT2D eigenvalue weighted by Crippen LogP contribution is -3.00. The minimum Gasteiger partial charge on any atom is -1.00 e. The van der Waals surface area contributed by atoms with E-state index in [1.807, 2.05) is 6.07 Å². The van der Waals surface area contributed by atoms with Gasteiger partial charge < -0.3 is 17.0 Å². The fraction of sp³-hybridized carbons (Fsp3) is 0.0714.